The van der Waals surface area contributed by atoms with Crippen molar-refractivity contribution in [2.24, 2.45) is 0 Å². The van der Waals surface area contributed by atoms with Crippen molar-refractivity contribution >= 4 is 11.3 Å². The molecule has 0 spiro atoms. The summed E-state index contributed by atoms with van der Waals surface area (Å²) in [5.41, 5.74) is 4.25. The lowest BCUT2D eigenvalue weighted by Gasteiger charge is -2.30. The van der Waals surface area contributed by atoms with Crippen LogP contribution in [0.5, 0.6) is 0 Å². The van der Waals surface area contributed by atoms with Crippen LogP contribution < -0.4 is 5.32 Å². The maximum absolute atomic E-state index is 4.65. The number of likely N-dealkylation sites (N-methyl/N-ethyl adjacent to an activating group) is 1. The summed E-state index contributed by atoms with van der Waals surface area (Å²) in [6, 6.07) is 9.38. The van der Waals surface area contributed by atoms with E-state index in [4.69, 9.17) is 0 Å². The summed E-state index contributed by atoms with van der Waals surface area (Å²) in [6.07, 6.45) is 5.08. The second kappa shape index (κ2) is 6.71. The summed E-state index contributed by atoms with van der Waals surface area (Å²) in [4.78, 5) is 4.65. The monoisotopic (exact) mass is 300 g/mol. The molecule has 0 aliphatic heterocycles. The van der Waals surface area contributed by atoms with E-state index in [1.54, 1.807) is 16.9 Å². The fourth-order valence-electron chi connectivity index (χ4n) is 3.17. The third-order valence-electron chi connectivity index (χ3n) is 4.45. The van der Waals surface area contributed by atoms with Gasteiger partial charge in [0, 0.05) is 17.8 Å². The molecule has 1 N–H and O–H groups in total. The first-order valence-electron chi connectivity index (χ1n) is 8.01. The molecule has 2 nitrogen and oxygen atoms in total. The van der Waals surface area contributed by atoms with E-state index in [1.807, 2.05) is 0 Å². The van der Waals surface area contributed by atoms with Gasteiger partial charge in [-0.25, -0.2) is 4.98 Å². The minimum atomic E-state index is 0.383. The van der Waals surface area contributed by atoms with Crippen LogP contribution in [0.3, 0.4) is 0 Å². The van der Waals surface area contributed by atoms with Crippen molar-refractivity contribution in [2.45, 2.75) is 51.5 Å². The molecule has 1 heterocycles. The molecule has 3 heteroatoms. The topological polar surface area (TPSA) is 24.9 Å². The van der Waals surface area contributed by atoms with E-state index in [-0.39, 0.29) is 0 Å². The van der Waals surface area contributed by atoms with E-state index >= 15 is 0 Å². The smallest absolute Gasteiger partial charge is 0.0897 e. The van der Waals surface area contributed by atoms with Crippen molar-refractivity contribution in [3.05, 3.63) is 51.5 Å². The minimum Gasteiger partial charge on any atom is -0.310 e. The number of benzene rings is 1. The van der Waals surface area contributed by atoms with Gasteiger partial charge in [0.1, 0.15) is 0 Å². The average Bonchev–Trinajstić information content (AvgIpc) is 2.83. The molecule has 2 aromatic rings. The fourth-order valence-corrected chi connectivity index (χ4v) is 3.79. The van der Waals surface area contributed by atoms with Crippen molar-refractivity contribution in [3.8, 4) is 0 Å². The van der Waals surface area contributed by atoms with Crippen molar-refractivity contribution < 1.29 is 0 Å². The molecule has 1 unspecified atom stereocenters. The van der Waals surface area contributed by atoms with Gasteiger partial charge in [-0.2, -0.15) is 0 Å². The number of hydrogen-bond acceptors (Lipinski definition) is 3. The van der Waals surface area contributed by atoms with Gasteiger partial charge in [-0.3, -0.25) is 0 Å². The Balaban J connectivity index is 1.86. The number of rotatable bonds is 6. The Morgan fingerprint density at radius 3 is 2.76 bits per heavy atom. The molecule has 1 atom stereocenters. The zero-order valence-corrected chi connectivity index (χ0v) is 13.7. The number of aryl methyl sites for hydroxylation is 1. The summed E-state index contributed by atoms with van der Waals surface area (Å²) < 4.78 is 0. The highest BCUT2D eigenvalue weighted by atomic mass is 32.1. The fraction of sp³-hybridized carbons (Fsp3) is 0.500. The molecule has 3 rings (SSSR count). The largest absolute Gasteiger partial charge is 0.310 e. The predicted octanol–water partition coefficient (Wildman–Crippen LogP) is 4.61. The normalized spacial score (nSPS) is 16.7. The van der Waals surface area contributed by atoms with Crippen molar-refractivity contribution in [1.29, 1.82) is 0 Å². The molecule has 0 amide bonds. The average molecular weight is 300 g/mol. The van der Waals surface area contributed by atoms with E-state index in [0.717, 1.165) is 23.9 Å². The summed E-state index contributed by atoms with van der Waals surface area (Å²) >= 11 is 1.75. The predicted molar refractivity (Wildman–Crippen MR) is 90.0 cm³/mol. The first-order valence-corrected chi connectivity index (χ1v) is 8.89. The van der Waals surface area contributed by atoms with E-state index in [9.17, 15) is 0 Å². The first kappa shape index (κ1) is 14.7. The lowest BCUT2D eigenvalue weighted by Crippen LogP contribution is -2.25. The molecule has 1 saturated carbocycles. The van der Waals surface area contributed by atoms with Gasteiger partial charge in [-0.15, -0.1) is 11.3 Å². The molecule has 0 bridgehead atoms. The van der Waals surface area contributed by atoms with Crippen LogP contribution in [0.15, 0.2) is 29.6 Å². The Morgan fingerprint density at radius 2 is 2.14 bits per heavy atom. The van der Waals surface area contributed by atoms with Gasteiger partial charge < -0.3 is 5.32 Å². The number of hydrogen-bond donors (Lipinski definition) is 1. The molecule has 21 heavy (non-hydrogen) atoms. The highest BCUT2D eigenvalue weighted by molar-refractivity contribution is 7.09. The quantitative estimate of drug-likeness (QED) is 0.842. The second-order valence-electron chi connectivity index (χ2n) is 5.93. The van der Waals surface area contributed by atoms with Gasteiger partial charge in [0.25, 0.3) is 0 Å². The Labute approximate surface area is 131 Å². The SMILES string of the molecule is CCNC(Cc1csc(C)n1)c1ccccc1C1CCC1. The van der Waals surface area contributed by atoms with Crippen molar-refractivity contribution in [1.82, 2.24) is 10.3 Å². The van der Waals surface area contributed by atoms with E-state index in [2.05, 4.69) is 53.8 Å². The van der Waals surface area contributed by atoms with Crippen LogP contribution in [0.2, 0.25) is 0 Å². The lowest BCUT2D eigenvalue weighted by molar-refractivity contribution is 0.411. The summed E-state index contributed by atoms with van der Waals surface area (Å²) in [5.74, 6) is 0.777. The number of thiazole rings is 1. The molecule has 1 aromatic carbocycles. The molecular formula is C18H24N2S. The molecule has 0 saturated heterocycles. The van der Waals surface area contributed by atoms with Crippen LogP contribution in [0.25, 0.3) is 0 Å². The standard InChI is InChI=1S/C18H24N2S/c1-3-19-18(11-15-12-21-13(2)20-15)17-10-5-4-9-16(17)14-7-6-8-14/h4-5,9-10,12,14,18-19H,3,6-8,11H2,1-2H3. The molecule has 1 aromatic heterocycles. The van der Waals surface area contributed by atoms with Crippen LogP contribution in [0.1, 0.15) is 60.0 Å². The Kier molecular flexibility index (Phi) is 4.71. The van der Waals surface area contributed by atoms with E-state index in [1.165, 1.54) is 30.5 Å². The maximum atomic E-state index is 4.65. The van der Waals surface area contributed by atoms with Gasteiger partial charge in [0.2, 0.25) is 0 Å². The third kappa shape index (κ3) is 3.35. The summed E-state index contributed by atoms with van der Waals surface area (Å²) in [5, 5.41) is 7.02. The zero-order valence-electron chi connectivity index (χ0n) is 12.9. The first-order chi connectivity index (χ1) is 10.3. The highest BCUT2D eigenvalue weighted by Gasteiger charge is 2.25. The van der Waals surface area contributed by atoms with Crippen LogP contribution in [-0.4, -0.2) is 11.5 Å². The lowest BCUT2D eigenvalue weighted by atomic mass is 9.77. The number of nitrogens with one attached hydrogen (secondary N) is 1. The van der Waals surface area contributed by atoms with Crippen LogP contribution in [-0.2, 0) is 6.42 Å². The third-order valence-corrected chi connectivity index (χ3v) is 5.27. The zero-order chi connectivity index (χ0) is 14.7. The summed E-state index contributed by atoms with van der Waals surface area (Å²) in [7, 11) is 0. The van der Waals surface area contributed by atoms with Crippen LogP contribution >= 0.6 is 11.3 Å². The Morgan fingerprint density at radius 1 is 1.33 bits per heavy atom. The minimum absolute atomic E-state index is 0.383. The van der Waals surface area contributed by atoms with Gasteiger partial charge in [0.15, 0.2) is 0 Å². The highest BCUT2D eigenvalue weighted by Crippen LogP contribution is 2.39. The van der Waals surface area contributed by atoms with Crippen LogP contribution in [0.4, 0.5) is 0 Å². The number of nitrogens with zero attached hydrogens (tertiary/aromatic N) is 1. The molecule has 112 valence electrons. The van der Waals surface area contributed by atoms with E-state index < -0.39 is 0 Å². The van der Waals surface area contributed by atoms with Gasteiger partial charge >= 0.3 is 0 Å². The second-order valence-corrected chi connectivity index (χ2v) is 6.99. The van der Waals surface area contributed by atoms with E-state index in [0.29, 0.717) is 6.04 Å². The molecule has 0 radical (unpaired) electrons. The number of aromatic nitrogens is 1. The van der Waals surface area contributed by atoms with Gasteiger partial charge in [-0.05, 0) is 43.4 Å². The Bertz CT molecular complexity index is 586. The van der Waals surface area contributed by atoms with Crippen LogP contribution in [0, 0.1) is 6.92 Å². The molecule has 1 aliphatic carbocycles. The molecule has 1 aliphatic rings. The molecular weight excluding hydrogens is 276 g/mol. The van der Waals surface area contributed by atoms with Crippen molar-refractivity contribution in [2.75, 3.05) is 6.54 Å². The van der Waals surface area contributed by atoms with Gasteiger partial charge in [0.05, 0.1) is 10.7 Å². The van der Waals surface area contributed by atoms with Crippen molar-refractivity contribution in [3.63, 3.8) is 0 Å². The summed E-state index contributed by atoms with van der Waals surface area (Å²) in [6.45, 7) is 5.26. The maximum Gasteiger partial charge on any atom is 0.0897 e. The Hall–Kier alpha value is -1.19. The van der Waals surface area contributed by atoms with Gasteiger partial charge in [-0.1, -0.05) is 37.6 Å². The molecule has 1 fully saturated rings.